The summed E-state index contributed by atoms with van der Waals surface area (Å²) in [5.41, 5.74) is 3.02. The van der Waals surface area contributed by atoms with Gasteiger partial charge in [0.05, 0.1) is 12.2 Å². The molecule has 198 valence electrons. The number of nitrogens with zero attached hydrogens (tertiary/aromatic N) is 6. The number of hydrogen-bond acceptors (Lipinski definition) is 6. The molecule has 1 aromatic heterocycles. The van der Waals surface area contributed by atoms with Crippen LogP contribution in [0.15, 0.2) is 36.4 Å². The van der Waals surface area contributed by atoms with Gasteiger partial charge in [-0.15, -0.1) is 0 Å². The first kappa shape index (κ1) is 24.9. The molecule has 0 spiro atoms. The van der Waals surface area contributed by atoms with Crippen LogP contribution >= 0.6 is 0 Å². The number of benzene rings is 2. The first-order valence-corrected chi connectivity index (χ1v) is 13.8. The van der Waals surface area contributed by atoms with Gasteiger partial charge in [-0.25, -0.2) is 11.0 Å². The Morgan fingerprint density at radius 3 is 2.71 bits per heavy atom. The topological polar surface area (TPSA) is 49.1 Å². The Morgan fingerprint density at radius 2 is 1.89 bits per heavy atom. The summed E-state index contributed by atoms with van der Waals surface area (Å²) in [6.07, 6.45) is 5.24. The molecule has 0 aliphatic carbocycles. The van der Waals surface area contributed by atoms with E-state index in [4.69, 9.17) is 21.3 Å². The molecule has 3 aliphatic rings. The minimum atomic E-state index is -0.198. The fourth-order valence-corrected chi connectivity index (χ4v) is 6.36. The Bertz CT molecular complexity index is 1350. The van der Waals surface area contributed by atoms with Crippen LogP contribution in [-0.4, -0.2) is 67.3 Å². The summed E-state index contributed by atoms with van der Waals surface area (Å²) < 4.78 is 21.2. The second-order valence-electron chi connectivity index (χ2n) is 10.9. The Balaban J connectivity index is 1.34. The molecule has 3 aliphatic heterocycles. The predicted molar refractivity (Wildman–Crippen MR) is 148 cm³/mol. The number of hydrogen-bond donors (Lipinski definition) is 0. The smallest absolute Gasteiger partial charge is 0.318 e. The van der Waals surface area contributed by atoms with Gasteiger partial charge in [-0.1, -0.05) is 24.3 Å². The van der Waals surface area contributed by atoms with E-state index >= 15 is 0 Å². The van der Waals surface area contributed by atoms with Crippen molar-refractivity contribution in [1.29, 1.82) is 0 Å². The van der Waals surface area contributed by atoms with Crippen LogP contribution in [0.25, 0.3) is 15.6 Å². The molecule has 0 N–H and O–H groups in total. The lowest BCUT2D eigenvalue weighted by atomic mass is 9.96. The zero-order valence-electron chi connectivity index (χ0n) is 22.1. The quantitative estimate of drug-likeness (QED) is 0.435. The Morgan fingerprint density at radius 1 is 1.05 bits per heavy atom. The molecular weight excluding hydrogens is 479 g/mol. The van der Waals surface area contributed by atoms with Crippen molar-refractivity contribution in [1.82, 2.24) is 14.9 Å². The molecule has 0 radical (unpaired) electrons. The van der Waals surface area contributed by atoms with E-state index in [1.807, 2.05) is 24.3 Å². The van der Waals surface area contributed by atoms with E-state index in [1.54, 1.807) is 6.07 Å². The Kier molecular flexibility index (Phi) is 7.03. The van der Waals surface area contributed by atoms with Crippen LogP contribution in [0.4, 0.5) is 15.9 Å². The van der Waals surface area contributed by atoms with Crippen molar-refractivity contribution in [3.63, 3.8) is 0 Å². The van der Waals surface area contributed by atoms with Crippen molar-refractivity contribution in [3.8, 4) is 6.01 Å². The summed E-state index contributed by atoms with van der Waals surface area (Å²) in [7, 11) is 2.15. The van der Waals surface area contributed by atoms with Gasteiger partial charge in [0.2, 0.25) is 6.54 Å². The van der Waals surface area contributed by atoms with E-state index in [-0.39, 0.29) is 5.82 Å². The van der Waals surface area contributed by atoms with Crippen molar-refractivity contribution in [3.05, 3.63) is 64.9 Å². The van der Waals surface area contributed by atoms with E-state index in [1.165, 1.54) is 12.5 Å². The number of rotatable bonds is 6. The molecule has 2 atom stereocenters. The molecule has 0 saturated carbocycles. The second-order valence-corrected chi connectivity index (χ2v) is 10.9. The van der Waals surface area contributed by atoms with E-state index in [0.29, 0.717) is 43.1 Å². The largest absolute Gasteiger partial charge is 0.462 e. The first-order valence-electron chi connectivity index (χ1n) is 13.8. The molecule has 0 bridgehead atoms. The standard InChI is InChI=1S/C30H35FN6O/c1-32-17-21-7-5-15-37(18-21)29-24-13-16-36(27-12-4-9-22-8-3-11-25(31)28(22)27)19-26(24)33-30(34-29)38-20-23-10-6-14-35(23)2/h3-4,8-9,11-12,21,23H,5-7,10,13-20H2,2H3/t21-,23-/m0/s1. The summed E-state index contributed by atoms with van der Waals surface area (Å²) in [6, 6.07) is 12.0. The third-order valence-corrected chi connectivity index (χ3v) is 8.44. The zero-order valence-corrected chi connectivity index (χ0v) is 22.1. The third-order valence-electron chi connectivity index (χ3n) is 8.44. The van der Waals surface area contributed by atoms with E-state index in [2.05, 4.69) is 26.6 Å². The normalized spacial score (nSPS) is 21.9. The molecular formula is C30H35FN6O. The van der Waals surface area contributed by atoms with Crippen molar-refractivity contribution in [2.75, 3.05) is 56.2 Å². The number of halogens is 1. The van der Waals surface area contributed by atoms with Gasteiger partial charge in [0.1, 0.15) is 18.2 Å². The van der Waals surface area contributed by atoms with Gasteiger partial charge in [-0.2, -0.15) is 9.97 Å². The van der Waals surface area contributed by atoms with E-state index < -0.39 is 0 Å². The number of piperidine rings is 1. The highest BCUT2D eigenvalue weighted by molar-refractivity contribution is 5.95. The minimum Gasteiger partial charge on any atom is -0.462 e. The molecule has 4 heterocycles. The lowest BCUT2D eigenvalue weighted by Gasteiger charge is -2.36. The highest BCUT2D eigenvalue weighted by atomic mass is 19.1. The molecule has 2 aromatic carbocycles. The van der Waals surface area contributed by atoms with E-state index in [9.17, 15) is 4.39 Å². The maximum atomic E-state index is 14.9. The highest BCUT2D eigenvalue weighted by Crippen LogP contribution is 2.36. The van der Waals surface area contributed by atoms with Crippen LogP contribution < -0.4 is 14.5 Å². The lowest BCUT2D eigenvalue weighted by molar-refractivity contribution is 0.187. The molecule has 2 fully saturated rings. The van der Waals surface area contributed by atoms with E-state index in [0.717, 1.165) is 80.0 Å². The summed E-state index contributed by atoms with van der Waals surface area (Å²) in [5, 5.41) is 1.56. The number of anilines is 2. The van der Waals surface area contributed by atoms with Gasteiger partial charge >= 0.3 is 6.01 Å². The average Bonchev–Trinajstić information content (AvgIpc) is 3.35. The Labute approximate surface area is 224 Å². The van der Waals surface area contributed by atoms with Gasteiger partial charge < -0.3 is 24.3 Å². The molecule has 8 heteroatoms. The number of likely N-dealkylation sites (N-methyl/N-ethyl adjacent to an activating group) is 1. The number of ether oxygens (including phenoxy) is 1. The first-order chi connectivity index (χ1) is 18.6. The summed E-state index contributed by atoms with van der Waals surface area (Å²) in [6.45, 7) is 12.7. The minimum absolute atomic E-state index is 0.198. The summed E-state index contributed by atoms with van der Waals surface area (Å²) in [4.78, 5) is 20.5. The van der Waals surface area contributed by atoms with Gasteiger partial charge in [-0.3, -0.25) is 0 Å². The molecule has 6 rings (SSSR count). The van der Waals surface area contributed by atoms with Crippen molar-refractivity contribution in [2.24, 2.45) is 5.92 Å². The van der Waals surface area contributed by atoms with Gasteiger partial charge in [0.15, 0.2) is 0 Å². The number of aromatic nitrogens is 2. The maximum Gasteiger partial charge on any atom is 0.318 e. The van der Waals surface area contributed by atoms with Gasteiger partial charge in [-0.05, 0) is 63.2 Å². The summed E-state index contributed by atoms with van der Waals surface area (Å²) in [5.74, 6) is 1.13. The highest BCUT2D eigenvalue weighted by Gasteiger charge is 2.30. The van der Waals surface area contributed by atoms with Crippen molar-refractivity contribution in [2.45, 2.75) is 44.7 Å². The average molecular weight is 515 g/mol. The van der Waals surface area contributed by atoms with Crippen LogP contribution in [-0.2, 0) is 13.0 Å². The summed E-state index contributed by atoms with van der Waals surface area (Å²) >= 11 is 0. The van der Waals surface area contributed by atoms with Crippen LogP contribution in [0.1, 0.15) is 36.9 Å². The number of fused-ring (bicyclic) bond motifs is 2. The third kappa shape index (κ3) is 4.88. The fourth-order valence-electron chi connectivity index (χ4n) is 6.36. The van der Waals surface area contributed by atoms with Gasteiger partial charge in [0.25, 0.3) is 0 Å². The monoisotopic (exact) mass is 514 g/mol. The molecule has 3 aromatic rings. The molecule has 0 amide bonds. The molecule has 7 nitrogen and oxygen atoms in total. The predicted octanol–water partition coefficient (Wildman–Crippen LogP) is 4.94. The maximum absolute atomic E-state index is 14.9. The second kappa shape index (κ2) is 10.7. The van der Waals surface area contributed by atoms with Crippen LogP contribution in [0.5, 0.6) is 6.01 Å². The van der Waals surface area contributed by atoms with Crippen LogP contribution in [0, 0.1) is 18.3 Å². The van der Waals surface area contributed by atoms with Crippen molar-refractivity contribution >= 4 is 22.3 Å². The zero-order chi connectivity index (χ0) is 26.1. The fraction of sp³-hybridized carbons (Fsp3) is 0.500. The van der Waals surface area contributed by atoms with Gasteiger partial charge in [0, 0.05) is 48.2 Å². The van der Waals surface area contributed by atoms with Crippen molar-refractivity contribution < 1.29 is 9.13 Å². The Hall–Kier alpha value is -3.44. The molecule has 0 unspecified atom stereocenters. The van der Waals surface area contributed by atoms with Crippen LogP contribution in [0.3, 0.4) is 0 Å². The van der Waals surface area contributed by atoms with Crippen LogP contribution in [0.2, 0.25) is 0 Å². The lowest BCUT2D eigenvalue weighted by Crippen LogP contribution is -2.39. The molecule has 38 heavy (non-hydrogen) atoms. The number of likely N-dealkylation sites (tertiary alicyclic amines) is 1. The molecule has 2 saturated heterocycles. The SMILES string of the molecule is [C-]#[N+]C[C@@H]1CCCN(c2nc(OC[C@@H]3CCCN3C)nc3c2CCN(c2cccc4cccc(F)c24)C3)C1.